The lowest BCUT2D eigenvalue weighted by Gasteiger charge is -2.49. The van der Waals surface area contributed by atoms with Crippen molar-refractivity contribution in [2.45, 2.75) is 47.0 Å². The van der Waals surface area contributed by atoms with Crippen LogP contribution in [0, 0.1) is 23.2 Å². The number of carbonyl (C=O) groups excluding carboxylic acids is 1. The Hall–Kier alpha value is -0.590. The summed E-state index contributed by atoms with van der Waals surface area (Å²) in [5.74, 6) is 2.21. The second-order valence-corrected chi connectivity index (χ2v) is 5.83. The van der Waals surface area contributed by atoms with Crippen molar-refractivity contribution in [1.82, 2.24) is 0 Å². The van der Waals surface area contributed by atoms with Gasteiger partial charge in [-0.2, -0.15) is 0 Å². The van der Waals surface area contributed by atoms with Gasteiger partial charge in [-0.25, -0.2) is 0 Å². The molecule has 0 aromatic rings. The highest BCUT2D eigenvalue weighted by Gasteiger charge is 2.50. The molecule has 0 aromatic heterocycles. The zero-order chi connectivity index (χ0) is 11.2. The monoisotopic (exact) mass is 206 g/mol. The lowest BCUT2D eigenvalue weighted by Crippen LogP contribution is -2.49. The van der Waals surface area contributed by atoms with E-state index in [1.807, 2.05) is 0 Å². The van der Waals surface area contributed by atoms with Crippen molar-refractivity contribution < 1.29 is 4.79 Å². The molecule has 1 heteroatoms. The maximum absolute atomic E-state index is 12.2. The average Bonchev–Trinajstić information content (AvgIpc) is 2.17. The molecule has 2 aliphatic carbocycles. The second-order valence-electron chi connectivity index (χ2n) is 5.83. The standard InChI is InChI=1S/C14H22O/c1-9-7-11(3)14(4)12(8-9)10(2)5-6-13(14)15/h7,10-12H,5-6,8H2,1-4H3. The largest absolute Gasteiger partial charge is 0.299 e. The summed E-state index contributed by atoms with van der Waals surface area (Å²) < 4.78 is 0. The van der Waals surface area contributed by atoms with E-state index in [2.05, 4.69) is 33.8 Å². The summed E-state index contributed by atoms with van der Waals surface area (Å²) in [4.78, 5) is 12.2. The van der Waals surface area contributed by atoms with Gasteiger partial charge >= 0.3 is 0 Å². The molecule has 0 aliphatic heterocycles. The van der Waals surface area contributed by atoms with Crippen LogP contribution in [0.1, 0.15) is 47.0 Å². The van der Waals surface area contributed by atoms with Crippen LogP contribution in [-0.2, 0) is 4.79 Å². The van der Waals surface area contributed by atoms with Gasteiger partial charge in [0, 0.05) is 11.8 Å². The lowest BCUT2D eigenvalue weighted by molar-refractivity contribution is -0.140. The Bertz CT molecular complexity index is 315. The molecule has 0 spiro atoms. The highest BCUT2D eigenvalue weighted by molar-refractivity contribution is 5.86. The minimum absolute atomic E-state index is 0.0722. The van der Waals surface area contributed by atoms with E-state index < -0.39 is 0 Å². The SMILES string of the molecule is CC1=CC(C)C2(C)C(=O)CCC(C)C2C1. The number of ketones is 1. The Balaban J connectivity index is 2.41. The van der Waals surface area contributed by atoms with Gasteiger partial charge in [0.2, 0.25) is 0 Å². The molecular weight excluding hydrogens is 184 g/mol. The molecule has 2 aliphatic rings. The number of hydrogen-bond donors (Lipinski definition) is 0. The van der Waals surface area contributed by atoms with Crippen LogP contribution >= 0.6 is 0 Å². The fraction of sp³-hybridized carbons (Fsp3) is 0.786. The third kappa shape index (κ3) is 1.47. The molecule has 1 nitrogen and oxygen atoms in total. The first-order valence-electron chi connectivity index (χ1n) is 6.17. The molecule has 15 heavy (non-hydrogen) atoms. The zero-order valence-corrected chi connectivity index (χ0v) is 10.3. The van der Waals surface area contributed by atoms with E-state index in [-0.39, 0.29) is 5.41 Å². The van der Waals surface area contributed by atoms with Crippen LogP contribution in [0.3, 0.4) is 0 Å². The lowest BCUT2D eigenvalue weighted by atomic mass is 9.53. The fourth-order valence-electron chi connectivity index (χ4n) is 3.65. The van der Waals surface area contributed by atoms with Crippen LogP contribution in [0.15, 0.2) is 11.6 Å². The van der Waals surface area contributed by atoms with Crippen molar-refractivity contribution in [3.8, 4) is 0 Å². The minimum atomic E-state index is -0.0722. The zero-order valence-electron chi connectivity index (χ0n) is 10.3. The third-order valence-corrected chi connectivity index (χ3v) is 4.91. The predicted molar refractivity (Wildman–Crippen MR) is 62.5 cm³/mol. The summed E-state index contributed by atoms with van der Waals surface area (Å²) in [6.45, 7) is 8.94. The van der Waals surface area contributed by atoms with Crippen LogP contribution in [0.5, 0.6) is 0 Å². The maximum Gasteiger partial charge on any atom is 0.139 e. The van der Waals surface area contributed by atoms with Gasteiger partial charge in [0.05, 0.1) is 0 Å². The average molecular weight is 206 g/mol. The van der Waals surface area contributed by atoms with Crippen molar-refractivity contribution in [2.75, 3.05) is 0 Å². The van der Waals surface area contributed by atoms with Crippen LogP contribution in [-0.4, -0.2) is 5.78 Å². The molecule has 84 valence electrons. The molecule has 2 rings (SSSR count). The molecule has 1 saturated carbocycles. The quantitative estimate of drug-likeness (QED) is 0.553. The first kappa shape index (κ1) is 10.9. The summed E-state index contributed by atoms with van der Waals surface area (Å²) in [5.41, 5.74) is 1.41. The van der Waals surface area contributed by atoms with Crippen molar-refractivity contribution in [3.05, 3.63) is 11.6 Å². The number of allylic oxidation sites excluding steroid dienone is 2. The third-order valence-electron chi connectivity index (χ3n) is 4.91. The Kier molecular flexibility index (Phi) is 2.52. The van der Waals surface area contributed by atoms with Gasteiger partial charge in [0.25, 0.3) is 0 Å². The summed E-state index contributed by atoms with van der Waals surface area (Å²) in [6, 6.07) is 0. The smallest absolute Gasteiger partial charge is 0.139 e. The van der Waals surface area contributed by atoms with Gasteiger partial charge in [-0.05, 0) is 37.5 Å². The number of rotatable bonds is 0. The molecule has 0 amide bonds. The Morgan fingerprint density at radius 2 is 2.07 bits per heavy atom. The van der Waals surface area contributed by atoms with E-state index in [4.69, 9.17) is 0 Å². The second kappa shape index (κ2) is 3.47. The van der Waals surface area contributed by atoms with Gasteiger partial charge in [-0.1, -0.05) is 32.4 Å². The van der Waals surface area contributed by atoms with Crippen molar-refractivity contribution in [1.29, 1.82) is 0 Å². The van der Waals surface area contributed by atoms with E-state index in [0.717, 1.165) is 19.3 Å². The molecular formula is C14H22O. The molecule has 0 radical (unpaired) electrons. The maximum atomic E-state index is 12.2. The van der Waals surface area contributed by atoms with Crippen LogP contribution < -0.4 is 0 Å². The van der Waals surface area contributed by atoms with E-state index >= 15 is 0 Å². The summed E-state index contributed by atoms with van der Waals surface area (Å²) in [7, 11) is 0. The molecule has 4 atom stereocenters. The van der Waals surface area contributed by atoms with Crippen molar-refractivity contribution >= 4 is 5.78 Å². The van der Waals surface area contributed by atoms with Crippen molar-refractivity contribution in [2.24, 2.45) is 23.2 Å². The predicted octanol–water partition coefficient (Wildman–Crippen LogP) is 3.59. The van der Waals surface area contributed by atoms with Crippen molar-refractivity contribution in [3.63, 3.8) is 0 Å². The van der Waals surface area contributed by atoms with E-state index in [9.17, 15) is 4.79 Å². The first-order valence-corrected chi connectivity index (χ1v) is 6.17. The first-order chi connectivity index (χ1) is 6.96. The van der Waals surface area contributed by atoms with E-state index in [1.54, 1.807) is 0 Å². The topological polar surface area (TPSA) is 17.1 Å². The highest BCUT2D eigenvalue weighted by Crippen LogP contribution is 2.52. The Morgan fingerprint density at radius 1 is 1.40 bits per heavy atom. The molecule has 1 fully saturated rings. The van der Waals surface area contributed by atoms with E-state index in [0.29, 0.717) is 23.5 Å². The molecule has 0 bridgehead atoms. The van der Waals surface area contributed by atoms with Crippen LogP contribution in [0.4, 0.5) is 0 Å². The number of fused-ring (bicyclic) bond motifs is 1. The van der Waals surface area contributed by atoms with Gasteiger partial charge in [0.15, 0.2) is 0 Å². The van der Waals surface area contributed by atoms with Gasteiger partial charge in [0.1, 0.15) is 5.78 Å². The molecule has 4 unspecified atom stereocenters. The molecule has 0 heterocycles. The number of hydrogen-bond acceptors (Lipinski definition) is 1. The summed E-state index contributed by atoms with van der Waals surface area (Å²) in [6.07, 6.45) is 5.34. The summed E-state index contributed by atoms with van der Waals surface area (Å²) in [5, 5.41) is 0. The molecule has 0 aromatic carbocycles. The van der Waals surface area contributed by atoms with Gasteiger partial charge in [-0.3, -0.25) is 4.79 Å². The van der Waals surface area contributed by atoms with Crippen LogP contribution in [0.2, 0.25) is 0 Å². The number of carbonyl (C=O) groups is 1. The minimum Gasteiger partial charge on any atom is -0.299 e. The van der Waals surface area contributed by atoms with E-state index in [1.165, 1.54) is 5.57 Å². The van der Waals surface area contributed by atoms with Crippen LogP contribution in [0.25, 0.3) is 0 Å². The number of Topliss-reactive ketones (excluding diaryl/α,β-unsaturated/α-hetero) is 1. The molecule has 0 saturated heterocycles. The van der Waals surface area contributed by atoms with Gasteiger partial charge < -0.3 is 0 Å². The fourth-order valence-corrected chi connectivity index (χ4v) is 3.65. The molecule has 0 N–H and O–H groups in total. The Labute approximate surface area is 92.9 Å². The van der Waals surface area contributed by atoms with Gasteiger partial charge in [-0.15, -0.1) is 0 Å². The normalized spacial score (nSPS) is 46.0. The highest BCUT2D eigenvalue weighted by atomic mass is 16.1. The Morgan fingerprint density at radius 3 is 2.73 bits per heavy atom. The summed E-state index contributed by atoms with van der Waals surface area (Å²) >= 11 is 0.